The fourth-order valence-corrected chi connectivity index (χ4v) is 3.89. The lowest BCUT2D eigenvalue weighted by Gasteiger charge is -2.37. The molecule has 2 heterocycles. The second-order valence-corrected chi connectivity index (χ2v) is 7.18. The minimum absolute atomic E-state index is 0.0885. The molecule has 1 saturated heterocycles. The summed E-state index contributed by atoms with van der Waals surface area (Å²) in [6.45, 7) is 5.89. The van der Waals surface area contributed by atoms with Crippen molar-refractivity contribution in [3.63, 3.8) is 0 Å². The maximum Gasteiger partial charge on any atom is 0.245 e. The van der Waals surface area contributed by atoms with E-state index in [1.807, 2.05) is 30.0 Å². The van der Waals surface area contributed by atoms with Crippen LogP contribution in [0.4, 0.5) is 5.69 Å². The van der Waals surface area contributed by atoms with E-state index in [2.05, 4.69) is 13.0 Å². The van der Waals surface area contributed by atoms with E-state index in [1.54, 1.807) is 4.90 Å². The molecule has 4 heteroatoms. The van der Waals surface area contributed by atoms with Gasteiger partial charge >= 0.3 is 0 Å². The average molecular weight is 328 g/mol. The third-order valence-corrected chi connectivity index (χ3v) is 5.44. The van der Waals surface area contributed by atoms with Gasteiger partial charge in [0.2, 0.25) is 11.8 Å². The van der Waals surface area contributed by atoms with Crippen molar-refractivity contribution in [2.75, 3.05) is 18.0 Å². The van der Waals surface area contributed by atoms with Gasteiger partial charge in [-0.25, -0.2) is 0 Å². The zero-order valence-corrected chi connectivity index (χ0v) is 14.8. The van der Waals surface area contributed by atoms with Gasteiger partial charge in [-0.3, -0.25) is 14.5 Å². The van der Waals surface area contributed by atoms with Gasteiger partial charge in [-0.1, -0.05) is 32.0 Å². The predicted molar refractivity (Wildman–Crippen MR) is 95.9 cm³/mol. The number of piperidine rings is 1. The summed E-state index contributed by atoms with van der Waals surface area (Å²) in [5, 5.41) is 0. The number of amides is 2. The monoisotopic (exact) mass is 328 g/mol. The van der Waals surface area contributed by atoms with Crippen LogP contribution in [0.5, 0.6) is 0 Å². The highest BCUT2D eigenvalue weighted by atomic mass is 16.2. The number of fused-ring (bicyclic) bond motifs is 1. The van der Waals surface area contributed by atoms with E-state index >= 15 is 0 Å². The van der Waals surface area contributed by atoms with Gasteiger partial charge in [0.25, 0.3) is 0 Å². The van der Waals surface area contributed by atoms with Crippen molar-refractivity contribution in [1.29, 1.82) is 0 Å². The first-order valence-corrected chi connectivity index (χ1v) is 9.30. The van der Waals surface area contributed by atoms with E-state index in [4.69, 9.17) is 0 Å². The molecule has 1 atom stereocenters. The summed E-state index contributed by atoms with van der Waals surface area (Å²) < 4.78 is 0. The summed E-state index contributed by atoms with van der Waals surface area (Å²) in [5.41, 5.74) is 2.12. The fraction of sp³-hybridized carbons (Fsp3) is 0.600. The number of carbonyl (C=O) groups excluding carboxylic acids is 2. The number of likely N-dealkylation sites (tertiary alicyclic amines) is 1. The molecular weight excluding hydrogens is 300 g/mol. The zero-order valence-electron chi connectivity index (χ0n) is 14.8. The summed E-state index contributed by atoms with van der Waals surface area (Å²) in [4.78, 5) is 29.7. The molecule has 2 amide bonds. The molecule has 2 aliphatic heterocycles. The number of hydrogen-bond acceptors (Lipinski definition) is 2. The van der Waals surface area contributed by atoms with Gasteiger partial charge in [0.15, 0.2) is 0 Å². The van der Waals surface area contributed by atoms with E-state index in [-0.39, 0.29) is 17.9 Å². The molecule has 130 valence electrons. The fourth-order valence-electron chi connectivity index (χ4n) is 3.89. The normalized spacial score (nSPS) is 20.5. The Morgan fingerprint density at radius 3 is 2.62 bits per heavy atom. The molecule has 0 unspecified atom stereocenters. The number of carbonyl (C=O) groups is 2. The molecule has 0 aliphatic carbocycles. The molecule has 2 aliphatic rings. The Morgan fingerprint density at radius 1 is 1.21 bits per heavy atom. The highest BCUT2D eigenvalue weighted by Crippen LogP contribution is 2.30. The molecule has 0 N–H and O–H groups in total. The van der Waals surface area contributed by atoms with E-state index < -0.39 is 0 Å². The second-order valence-electron chi connectivity index (χ2n) is 7.18. The molecule has 0 saturated carbocycles. The van der Waals surface area contributed by atoms with Crippen LogP contribution in [0.1, 0.15) is 51.5 Å². The van der Waals surface area contributed by atoms with E-state index in [0.29, 0.717) is 18.8 Å². The number of para-hydroxylation sites is 1. The first-order chi connectivity index (χ1) is 11.6. The number of rotatable bonds is 3. The Kier molecular flexibility index (Phi) is 5.22. The van der Waals surface area contributed by atoms with Crippen LogP contribution in [0.25, 0.3) is 0 Å². The molecular formula is C20H28N2O2. The zero-order chi connectivity index (χ0) is 17.1. The maximum atomic E-state index is 13.1. The third-order valence-electron chi connectivity index (χ3n) is 5.44. The van der Waals surface area contributed by atoms with Crippen molar-refractivity contribution < 1.29 is 9.59 Å². The lowest BCUT2D eigenvalue weighted by molar-refractivity contribution is -0.136. The molecule has 0 bridgehead atoms. The number of benzene rings is 1. The van der Waals surface area contributed by atoms with Gasteiger partial charge in [0.05, 0.1) is 0 Å². The molecule has 4 nitrogen and oxygen atoms in total. The van der Waals surface area contributed by atoms with Crippen LogP contribution in [0.3, 0.4) is 0 Å². The lowest BCUT2D eigenvalue weighted by atomic mass is 9.98. The topological polar surface area (TPSA) is 40.6 Å². The first kappa shape index (κ1) is 17.0. The van der Waals surface area contributed by atoms with Crippen LogP contribution in [0, 0.1) is 5.92 Å². The van der Waals surface area contributed by atoms with Crippen LogP contribution in [-0.2, 0) is 16.0 Å². The highest BCUT2D eigenvalue weighted by molar-refractivity contribution is 6.01. The lowest BCUT2D eigenvalue weighted by Crippen LogP contribution is -2.52. The average Bonchev–Trinajstić information content (AvgIpc) is 2.75. The smallest absolute Gasteiger partial charge is 0.245 e. The highest BCUT2D eigenvalue weighted by Gasteiger charge is 2.35. The summed E-state index contributed by atoms with van der Waals surface area (Å²) >= 11 is 0. The quantitative estimate of drug-likeness (QED) is 0.853. The van der Waals surface area contributed by atoms with E-state index in [9.17, 15) is 9.59 Å². The largest absolute Gasteiger partial charge is 0.341 e. The molecule has 0 aromatic heterocycles. The van der Waals surface area contributed by atoms with Gasteiger partial charge < -0.3 is 4.90 Å². The Morgan fingerprint density at radius 2 is 1.92 bits per heavy atom. The van der Waals surface area contributed by atoms with Crippen LogP contribution >= 0.6 is 0 Å². The van der Waals surface area contributed by atoms with E-state index in [0.717, 1.165) is 44.5 Å². The van der Waals surface area contributed by atoms with Crippen molar-refractivity contribution in [1.82, 2.24) is 4.90 Å². The van der Waals surface area contributed by atoms with Gasteiger partial charge in [-0.05, 0) is 49.7 Å². The Bertz CT molecular complexity index is 605. The Labute approximate surface area is 144 Å². The third kappa shape index (κ3) is 3.33. The van der Waals surface area contributed by atoms with E-state index in [1.165, 1.54) is 5.56 Å². The first-order valence-electron chi connectivity index (χ1n) is 9.30. The minimum atomic E-state index is -0.370. The minimum Gasteiger partial charge on any atom is -0.341 e. The number of aryl methyl sites for hydroxylation is 1. The Hall–Kier alpha value is -1.84. The van der Waals surface area contributed by atoms with Crippen molar-refractivity contribution in [3.8, 4) is 0 Å². The molecule has 1 fully saturated rings. The number of nitrogens with zero attached hydrogens (tertiary/aromatic N) is 2. The molecule has 24 heavy (non-hydrogen) atoms. The van der Waals surface area contributed by atoms with Crippen molar-refractivity contribution >= 4 is 17.5 Å². The molecule has 0 radical (unpaired) electrons. The summed E-state index contributed by atoms with van der Waals surface area (Å²) in [6.07, 6.45) is 5.07. The molecule has 1 aromatic rings. The van der Waals surface area contributed by atoms with Crippen molar-refractivity contribution in [3.05, 3.63) is 29.8 Å². The van der Waals surface area contributed by atoms with Gasteiger partial charge in [0, 0.05) is 25.2 Å². The van der Waals surface area contributed by atoms with Gasteiger partial charge in [0.1, 0.15) is 6.04 Å². The predicted octanol–water partition coefficient (Wildman–Crippen LogP) is 3.39. The number of anilines is 1. The van der Waals surface area contributed by atoms with Crippen LogP contribution < -0.4 is 4.90 Å². The van der Waals surface area contributed by atoms with Crippen LogP contribution in [-0.4, -0.2) is 35.8 Å². The molecule has 1 aromatic carbocycles. The van der Waals surface area contributed by atoms with Crippen molar-refractivity contribution in [2.45, 2.75) is 58.4 Å². The number of hydrogen-bond donors (Lipinski definition) is 0. The van der Waals surface area contributed by atoms with Gasteiger partial charge in [-0.15, -0.1) is 0 Å². The summed E-state index contributed by atoms with van der Waals surface area (Å²) in [5.74, 6) is 0.898. The Balaban J connectivity index is 1.88. The SMILES string of the molecule is CC[C@@H](C(=O)N1CCC(C)CC1)N1C(=O)CCCc2ccccc21. The molecule has 3 rings (SSSR count). The summed E-state index contributed by atoms with van der Waals surface area (Å²) in [7, 11) is 0. The van der Waals surface area contributed by atoms with Gasteiger partial charge in [-0.2, -0.15) is 0 Å². The second kappa shape index (κ2) is 7.37. The van der Waals surface area contributed by atoms with Crippen LogP contribution in [0.2, 0.25) is 0 Å². The van der Waals surface area contributed by atoms with Crippen LogP contribution in [0.15, 0.2) is 24.3 Å². The summed E-state index contributed by atoms with van der Waals surface area (Å²) in [6, 6.07) is 7.68. The van der Waals surface area contributed by atoms with Crippen molar-refractivity contribution in [2.24, 2.45) is 5.92 Å². The molecule has 0 spiro atoms. The maximum absolute atomic E-state index is 13.1. The standard InChI is InChI=1S/C20H28N2O2/c1-3-17(20(24)21-13-11-15(2)12-14-21)22-18-9-5-4-7-16(18)8-6-10-19(22)23/h4-5,7,9,15,17H,3,6,8,10-14H2,1-2H3/t17-/m0/s1.